The summed E-state index contributed by atoms with van der Waals surface area (Å²) >= 11 is 0. The summed E-state index contributed by atoms with van der Waals surface area (Å²) in [6.07, 6.45) is -0.840. The highest BCUT2D eigenvalue weighted by Gasteiger charge is 2.30. The van der Waals surface area contributed by atoms with Crippen LogP contribution in [0.25, 0.3) is 0 Å². The second kappa shape index (κ2) is 7.19. The van der Waals surface area contributed by atoms with Crippen LogP contribution in [-0.2, 0) is 12.7 Å². The van der Waals surface area contributed by atoms with Crippen molar-refractivity contribution >= 4 is 11.7 Å². The molecule has 1 aliphatic rings. The molecule has 1 aromatic carbocycles. The summed E-state index contributed by atoms with van der Waals surface area (Å²) in [6, 6.07) is 5.08. The maximum atomic E-state index is 12.5. The van der Waals surface area contributed by atoms with Crippen molar-refractivity contribution in [2.24, 2.45) is 0 Å². The summed E-state index contributed by atoms with van der Waals surface area (Å²) in [4.78, 5) is 28.0. The first-order chi connectivity index (χ1) is 12.3. The topological polar surface area (TPSA) is 76.0 Å². The average molecular weight is 366 g/mol. The number of aromatic nitrogens is 2. The zero-order valence-electron chi connectivity index (χ0n) is 13.7. The number of alkyl halides is 3. The van der Waals surface area contributed by atoms with Gasteiger partial charge in [0.15, 0.2) is 0 Å². The first-order valence-corrected chi connectivity index (χ1v) is 8.11. The second-order valence-electron chi connectivity index (χ2n) is 6.08. The lowest BCUT2D eigenvalue weighted by molar-refractivity contribution is -0.137. The molecule has 2 amide bonds. The van der Waals surface area contributed by atoms with Crippen LogP contribution in [0.15, 0.2) is 41.5 Å². The van der Waals surface area contributed by atoms with Crippen LogP contribution in [0, 0.1) is 0 Å². The number of benzene rings is 1. The van der Waals surface area contributed by atoms with Crippen LogP contribution >= 0.6 is 0 Å². The second-order valence-corrected chi connectivity index (χ2v) is 6.08. The zero-order chi connectivity index (χ0) is 18.7. The molecule has 0 aliphatic heterocycles. The Morgan fingerprint density at radius 2 is 1.92 bits per heavy atom. The molecule has 6 nitrogen and oxygen atoms in total. The Kier molecular flexibility index (Phi) is 4.97. The summed E-state index contributed by atoms with van der Waals surface area (Å²) in [7, 11) is 0. The number of amides is 2. The van der Waals surface area contributed by atoms with Crippen LogP contribution in [0.5, 0.6) is 0 Å². The van der Waals surface area contributed by atoms with Crippen LogP contribution in [0.1, 0.15) is 30.0 Å². The zero-order valence-corrected chi connectivity index (χ0v) is 13.7. The van der Waals surface area contributed by atoms with Crippen molar-refractivity contribution in [1.82, 2.24) is 14.9 Å². The van der Waals surface area contributed by atoms with E-state index in [1.165, 1.54) is 29.1 Å². The van der Waals surface area contributed by atoms with E-state index in [0.29, 0.717) is 5.92 Å². The molecule has 3 rings (SSSR count). The number of carbonyl (C=O) groups excluding carboxylic acids is 1. The number of anilines is 1. The minimum atomic E-state index is -4.42. The van der Waals surface area contributed by atoms with Gasteiger partial charge in [-0.1, -0.05) is 0 Å². The lowest BCUT2D eigenvalue weighted by Gasteiger charge is -2.10. The number of hydrogen-bond donors (Lipinski definition) is 2. The van der Waals surface area contributed by atoms with E-state index in [4.69, 9.17) is 0 Å². The Bertz CT molecular complexity index is 842. The van der Waals surface area contributed by atoms with Gasteiger partial charge in [0.2, 0.25) is 0 Å². The van der Waals surface area contributed by atoms with Gasteiger partial charge in [-0.3, -0.25) is 9.36 Å². The Morgan fingerprint density at radius 1 is 1.23 bits per heavy atom. The number of nitrogens with zero attached hydrogens (tertiary/aromatic N) is 2. The van der Waals surface area contributed by atoms with E-state index in [1.807, 2.05) is 0 Å². The molecule has 0 radical (unpaired) electrons. The summed E-state index contributed by atoms with van der Waals surface area (Å²) in [5.41, 5.74) is 0.0826. The van der Waals surface area contributed by atoms with Gasteiger partial charge in [0.25, 0.3) is 5.56 Å². The van der Waals surface area contributed by atoms with Crippen molar-refractivity contribution in [2.75, 3.05) is 11.9 Å². The molecule has 0 atom stereocenters. The lowest BCUT2D eigenvalue weighted by atomic mass is 10.2. The molecule has 2 aromatic rings. The Morgan fingerprint density at radius 3 is 2.50 bits per heavy atom. The van der Waals surface area contributed by atoms with Gasteiger partial charge < -0.3 is 10.6 Å². The number of halogens is 3. The largest absolute Gasteiger partial charge is 0.416 e. The van der Waals surface area contributed by atoms with E-state index in [1.54, 1.807) is 0 Å². The van der Waals surface area contributed by atoms with Gasteiger partial charge in [0, 0.05) is 30.8 Å². The van der Waals surface area contributed by atoms with Crippen LogP contribution in [0.4, 0.5) is 23.7 Å². The van der Waals surface area contributed by atoms with Crippen molar-refractivity contribution in [3.05, 3.63) is 58.3 Å². The summed E-state index contributed by atoms with van der Waals surface area (Å²) < 4.78 is 38.8. The SMILES string of the molecule is O=C(NCCn1cnc(C2CC2)cc1=O)Nc1ccc(C(F)(F)F)cc1. The summed E-state index contributed by atoms with van der Waals surface area (Å²) in [5, 5.41) is 4.98. The predicted octanol–water partition coefficient (Wildman–Crippen LogP) is 2.96. The van der Waals surface area contributed by atoms with Crippen molar-refractivity contribution in [3.8, 4) is 0 Å². The molecule has 1 aliphatic carbocycles. The van der Waals surface area contributed by atoms with E-state index in [9.17, 15) is 22.8 Å². The highest BCUT2D eigenvalue weighted by Crippen LogP contribution is 2.38. The molecular weight excluding hydrogens is 349 g/mol. The maximum absolute atomic E-state index is 12.5. The van der Waals surface area contributed by atoms with Crippen LogP contribution in [0.2, 0.25) is 0 Å². The molecule has 1 heterocycles. The molecule has 138 valence electrons. The quantitative estimate of drug-likeness (QED) is 0.854. The molecule has 0 unspecified atom stereocenters. The monoisotopic (exact) mass is 366 g/mol. The highest BCUT2D eigenvalue weighted by molar-refractivity contribution is 5.89. The van der Waals surface area contributed by atoms with E-state index >= 15 is 0 Å². The molecule has 1 saturated carbocycles. The van der Waals surface area contributed by atoms with Crippen LogP contribution < -0.4 is 16.2 Å². The standard InChI is InChI=1S/C17H17F3N4O2/c18-17(19,20)12-3-5-13(6-4-12)23-16(26)21-7-8-24-10-22-14(9-15(24)25)11-1-2-11/h3-6,9-11H,1-2,7-8H2,(H2,21,23,26). The Balaban J connectivity index is 1.47. The molecular formula is C17H17F3N4O2. The minimum absolute atomic E-state index is 0.174. The van der Waals surface area contributed by atoms with Crippen molar-refractivity contribution < 1.29 is 18.0 Å². The van der Waals surface area contributed by atoms with Crippen LogP contribution in [0.3, 0.4) is 0 Å². The van der Waals surface area contributed by atoms with Gasteiger partial charge in [0.1, 0.15) is 0 Å². The number of hydrogen-bond acceptors (Lipinski definition) is 3. The van der Waals surface area contributed by atoms with Gasteiger partial charge in [-0.15, -0.1) is 0 Å². The molecule has 0 spiro atoms. The van der Waals surface area contributed by atoms with Crippen molar-refractivity contribution in [3.63, 3.8) is 0 Å². The van der Waals surface area contributed by atoms with Crippen molar-refractivity contribution in [2.45, 2.75) is 31.5 Å². The fraction of sp³-hybridized carbons (Fsp3) is 0.353. The van der Waals surface area contributed by atoms with Crippen LogP contribution in [-0.4, -0.2) is 22.1 Å². The molecule has 0 bridgehead atoms. The van der Waals surface area contributed by atoms with E-state index in [0.717, 1.165) is 30.7 Å². The first-order valence-electron chi connectivity index (χ1n) is 8.11. The molecule has 26 heavy (non-hydrogen) atoms. The number of nitrogens with one attached hydrogen (secondary N) is 2. The fourth-order valence-electron chi connectivity index (χ4n) is 2.42. The number of urea groups is 1. The molecule has 1 fully saturated rings. The third kappa shape index (κ3) is 4.62. The molecule has 2 N–H and O–H groups in total. The van der Waals surface area contributed by atoms with Crippen molar-refractivity contribution in [1.29, 1.82) is 0 Å². The molecule has 1 aromatic heterocycles. The van der Waals surface area contributed by atoms with Gasteiger partial charge in [-0.25, -0.2) is 9.78 Å². The number of carbonyl (C=O) groups is 1. The van der Waals surface area contributed by atoms with E-state index in [-0.39, 0.29) is 24.3 Å². The third-order valence-corrected chi connectivity index (χ3v) is 4.00. The third-order valence-electron chi connectivity index (χ3n) is 4.00. The fourth-order valence-corrected chi connectivity index (χ4v) is 2.42. The summed E-state index contributed by atoms with van der Waals surface area (Å²) in [6.45, 7) is 0.425. The first kappa shape index (κ1) is 18.0. The summed E-state index contributed by atoms with van der Waals surface area (Å²) in [5.74, 6) is 0.394. The predicted molar refractivity (Wildman–Crippen MR) is 88.9 cm³/mol. The van der Waals surface area contributed by atoms with Gasteiger partial charge in [-0.2, -0.15) is 13.2 Å². The lowest BCUT2D eigenvalue weighted by Crippen LogP contribution is -2.33. The van der Waals surface area contributed by atoms with Gasteiger partial charge in [-0.05, 0) is 37.1 Å². The number of rotatable bonds is 5. The van der Waals surface area contributed by atoms with E-state index in [2.05, 4.69) is 15.6 Å². The van der Waals surface area contributed by atoms with Gasteiger partial charge >= 0.3 is 12.2 Å². The highest BCUT2D eigenvalue weighted by atomic mass is 19.4. The smallest absolute Gasteiger partial charge is 0.336 e. The Hall–Kier alpha value is -2.84. The maximum Gasteiger partial charge on any atom is 0.416 e. The molecule has 0 saturated heterocycles. The molecule has 9 heteroatoms. The minimum Gasteiger partial charge on any atom is -0.336 e. The normalized spacial score (nSPS) is 14.1. The average Bonchev–Trinajstić information content (AvgIpc) is 3.41. The van der Waals surface area contributed by atoms with E-state index < -0.39 is 17.8 Å². The Labute approximate surface area is 147 Å². The van der Waals surface area contributed by atoms with Gasteiger partial charge in [0.05, 0.1) is 17.6 Å².